The molecular formula is C11H15BrN2O. The number of rotatable bonds is 4. The molecule has 0 radical (unpaired) electrons. The number of nitrogens with one attached hydrogen (secondary N) is 1. The highest BCUT2D eigenvalue weighted by Crippen LogP contribution is 2.18. The quantitative estimate of drug-likeness (QED) is 0.903. The van der Waals surface area contributed by atoms with E-state index in [2.05, 4.69) is 21.2 Å². The Bertz CT molecular complexity index is 410. The molecule has 0 unspecified atom stereocenters. The van der Waals surface area contributed by atoms with Crippen LogP contribution >= 0.6 is 15.9 Å². The van der Waals surface area contributed by atoms with Crippen molar-refractivity contribution in [1.82, 2.24) is 9.88 Å². The van der Waals surface area contributed by atoms with Gasteiger partial charge in [0.25, 0.3) is 5.56 Å². The van der Waals surface area contributed by atoms with E-state index in [1.165, 1.54) is 12.8 Å². The Morgan fingerprint density at radius 1 is 1.60 bits per heavy atom. The minimum atomic E-state index is 0.107. The van der Waals surface area contributed by atoms with E-state index in [1.807, 2.05) is 19.2 Å². The fourth-order valence-electron chi connectivity index (χ4n) is 1.58. The maximum absolute atomic E-state index is 11.7. The SMILES string of the molecule is Cc1cc(Br)cn(CCNC2CC2)c1=O. The summed E-state index contributed by atoms with van der Waals surface area (Å²) < 4.78 is 2.72. The normalized spacial score (nSPS) is 15.6. The second kappa shape index (κ2) is 4.49. The minimum absolute atomic E-state index is 0.107. The van der Waals surface area contributed by atoms with E-state index >= 15 is 0 Å². The molecule has 1 saturated carbocycles. The number of pyridine rings is 1. The van der Waals surface area contributed by atoms with Gasteiger partial charge in [-0.15, -0.1) is 0 Å². The van der Waals surface area contributed by atoms with Gasteiger partial charge in [-0.05, 0) is 41.8 Å². The predicted molar refractivity (Wildman–Crippen MR) is 64.2 cm³/mol. The lowest BCUT2D eigenvalue weighted by Gasteiger charge is -2.08. The molecule has 0 aliphatic heterocycles. The van der Waals surface area contributed by atoms with Crippen LogP contribution in [0.15, 0.2) is 21.5 Å². The van der Waals surface area contributed by atoms with Crippen molar-refractivity contribution in [3.63, 3.8) is 0 Å². The molecule has 15 heavy (non-hydrogen) atoms. The Balaban J connectivity index is 2.02. The summed E-state index contributed by atoms with van der Waals surface area (Å²) in [6, 6.07) is 2.56. The number of hydrogen-bond acceptors (Lipinski definition) is 2. The molecule has 82 valence electrons. The second-order valence-corrected chi connectivity index (χ2v) is 4.98. The molecule has 0 atom stereocenters. The van der Waals surface area contributed by atoms with Gasteiger partial charge in [0.15, 0.2) is 0 Å². The number of aromatic nitrogens is 1. The van der Waals surface area contributed by atoms with Crippen LogP contribution in [0.1, 0.15) is 18.4 Å². The van der Waals surface area contributed by atoms with Crippen molar-refractivity contribution in [2.45, 2.75) is 32.4 Å². The molecule has 1 heterocycles. The van der Waals surface area contributed by atoms with Crippen LogP contribution < -0.4 is 10.9 Å². The molecule has 1 aliphatic carbocycles. The van der Waals surface area contributed by atoms with Gasteiger partial charge in [-0.25, -0.2) is 0 Å². The van der Waals surface area contributed by atoms with E-state index in [0.717, 1.165) is 23.1 Å². The highest BCUT2D eigenvalue weighted by atomic mass is 79.9. The van der Waals surface area contributed by atoms with Gasteiger partial charge in [-0.1, -0.05) is 0 Å². The van der Waals surface area contributed by atoms with Crippen molar-refractivity contribution >= 4 is 15.9 Å². The summed E-state index contributed by atoms with van der Waals surface area (Å²) in [5.41, 5.74) is 0.895. The van der Waals surface area contributed by atoms with Gasteiger partial charge in [0.1, 0.15) is 0 Å². The Kier molecular flexibility index (Phi) is 3.26. The first-order chi connectivity index (χ1) is 7.16. The van der Waals surface area contributed by atoms with Crippen LogP contribution in [-0.2, 0) is 6.54 Å². The summed E-state index contributed by atoms with van der Waals surface area (Å²) in [6.45, 7) is 3.47. The topological polar surface area (TPSA) is 34.0 Å². The van der Waals surface area contributed by atoms with Crippen LogP contribution in [0.3, 0.4) is 0 Å². The molecule has 0 spiro atoms. The Hall–Kier alpha value is -0.610. The zero-order valence-corrected chi connectivity index (χ0v) is 10.4. The third kappa shape index (κ3) is 2.92. The predicted octanol–water partition coefficient (Wildman–Crippen LogP) is 1.67. The van der Waals surface area contributed by atoms with E-state index in [1.54, 1.807) is 4.57 Å². The molecule has 1 aromatic heterocycles. The van der Waals surface area contributed by atoms with E-state index in [-0.39, 0.29) is 5.56 Å². The van der Waals surface area contributed by atoms with Crippen LogP contribution in [0.5, 0.6) is 0 Å². The van der Waals surface area contributed by atoms with E-state index in [0.29, 0.717) is 6.04 Å². The molecule has 0 aromatic carbocycles. The van der Waals surface area contributed by atoms with Crippen molar-refractivity contribution in [2.75, 3.05) is 6.54 Å². The molecule has 2 rings (SSSR count). The molecule has 4 heteroatoms. The van der Waals surface area contributed by atoms with Gasteiger partial charge in [0, 0.05) is 35.4 Å². The second-order valence-electron chi connectivity index (χ2n) is 4.07. The first kappa shape index (κ1) is 10.9. The van der Waals surface area contributed by atoms with Crippen LogP contribution in [0.4, 0.5) is 0 Å². The smallest absolute Gasteiger partial charge is 0.253 e. The summed E-state index contributed by atoms with van der Waals surface area (Å²) in [7, 11) is 0. The first-order valence-electron chi connectivity index (χ1n) is 5.27. The maximum atomic E-state index is 11.7. The van der Waals surface area contributed by atoms with E-state index in [4.69, 9.17) is 0 Å². The van der Waals surface area contributed by atoms with Crippen molar-refractivity contribution in [1.29, 1.82) is 0 Å². The lowest BCUT2D eigenvalue weighted by atomic mass is 10.3. The highest BCUT2D eigenvalue weighted by molar-refractivity contribution is 9.10. The van der Waals surface area contributed by atoms with Gasteiger partial charge in [-0.2, -0.15) is 0 Å². The third-order valence-corrected chi connectivity index (χ3v) is 3.03. The van der Waals surface area contributed by atoms with E-state index < -0.39 is 0 Å². The Morgan fingerprint density at radius 3 is 3.00 bits per heavy atom. The monoisotopic (exact) mass is 270 g/mol. The fourth-order valence-corrected chi connectivity index (χ4v) is 2.17. The number of aryl methyl sites for hydroxylation is 1. The Labute approximate surface area is 97.6 Å². The van der Waals surface area contributed by atoms with Gasteiger partial charge in [0.05, 0.1) is 0 Å². The van der Waals surface area contributed by atoms with Crippen molar-refractivity contribution in [3.05, 3.63) is 32.7 Å². The molecule has 0 saturated heterocycles. The summed E-state index contributed by atoms with van der Waals surface area (Å²) in [6.07, 6.45) is 4.42. The first-order valence-corrected chi connectivity index (χ1v) is 6.06. The highest BCUT2D eigenvalue weighted by Gasteiger charge is 2.19. The zero-order chi connectivity index (χ0) is 10.8. The third-order valence-electron chi connectivity index (χ3n) is 2.59. The average Bonchev–Trinajstić information content (AvgIpc) is 2.97. The van der Waals surface area contributed by atoms with Crippen LogP contribution in [0.2, 0.25) is 0 Å². The minimum Gasteiger partial charge on any atom is -0.313 e. The summed E-state index contributed by atoms with van der Waals surface area (Å²) in [5.74, 6) is 0. The summed E-state index contributed by atoms with van der Waals surface area (Å²) >= 11 is 3.40. The van der Waals surface area contributed by atoms with Crippen LogP contribution in [0.25, 0.3) is 0 Å². The summed E-state index contributed by atoms with van der Waals surface area (Å²) in [4.78, 5) is 11.7. The van der Waals surface area contributed by atoms with Crippen molar-refractivity contribution in [3.8, 4) is 0 Å². The molecular weight excluding hydrogens is 256 g/mol. The largest absolute Gasteiger partial charge is 0.313 e. The van der Waals surface area contributed by atoms with Gasteiger partial charge < -0.3 is 9.88 Å². The molecule has 1 aromatic rings. The fraction of sp³-hybridized carbons (Fsp3) is 0.545. The summed E-state index contributed by atoms with van der Waals surface area (Å²) in [5, 5.41) is 3.40. The number of hydrogen-bond donors (Lipinski definition) is 1. The van der Waals surface area contributed by atoms with Crippen molar-refractivity contribution < 1.29 is 0 Å². The number of nitrogens with zero attached hydrogens (tertiary/aromatic N) is 1. The van der Waals surface area contributed by atoms with Crippen LogP contribution in [-0.4, -0.2) is 17.2 Å². The standard InChI is InChI=1S/C11H15BrN2O/c1-8-6-9(12)7-14(11(8)15)5-4-13-10-2-3-10/h6-7,10,13H,2-5H2,1H3. The molecule has 1 N–H and O–H groups in total. The average molecular weight is 271 g/mol. The molecule has 3 nitrogen and oxygen atoms in total. The van der Waals surface area contributed by atoms with Gasteiger partial charge in [0.2, 0.25) is 0 Å². The van der Waals surface area contributed by atoms with Gasteiger partial charge in [-0.3, -0.25) is 4.79 Å². The van der Waals surface area contributed by atoms with E-state index in [9.17, 15) is 4.79 Å². The molecule has 0 bridgehead atoms. The molecule has 1 aliphatic rings. The lowest BCUT2D eigenvalue weighted by molar-refractivity contribution is 0.580. The van der Waals surface area contributed by atoms with Crippen LogP contribution in [0, 0.1) is 6.92 Å². The number of halogens is 1. The zero-order valence-electron chi connectivity index (χ0n) is 8.79. The van der Waals surface area contributed by atoms with Crippen molar-refractivity contribution in [2.24, 2.45) is 0 Å². The molecule has 0 amide bonds. The Morgan fingerprint density at radius 2 is 2.33 bits per heavy atom. The molecule has 1 fully saturated rings. The van der Waals surface area contributed by atoms with Gasteiger partial charge >= 0.3 is 0 Å². The maximum Gasteiger partial charge on any atom is 0.253 e. The lowest BCUT2D eigenvalue weighted by Crippen LogP contribution is -2.28.